The fraction of sp³-hybridized carbons (Fsp3) is 0.286. The Morgan fingerprint density at radius 2 is 1.78 bits per heavy atom. The number of ether oxygens (including phenoxy) is 2. The molecule has 0 radical (unpaired) electrons. The van der Waals surface area contributed by atoms with Crippen molar-refractivity contribution in [3.63, 3.8) is 0 Å². The molecule has 0 aliphatic heterocycles. The van der Waals surface area contributed by atoms with Gasteiger partial charge in [-0.15, -0.1) is 0 Å². The summed E-state index contributed by atoms with van der Waals surface area (Å²) in [6.45, 7) is 1.58. The molecule has 2 rings (SSSR count). The lowest BCUT2D eigenvalue weighted by atomic mass is 10.2. The Hall–Kier alpha value is -1.78. The van der Waals surface area contributed by atoms with E-state index in [9.17, 15) is 0 Å². The van der Waals surface area contributed by atoms with Crippen molar-refractivity contribution in [2.75, 3.05) is 7.11 Å². The van der Waals surface area contributed by atoms with Crippen LogP contribution in [0.5, 0.6) is 0 Å². The van der Waals surface area contributed by atoms with Crippen LogP contribution in [-0.2, 0) is 29.3 Å². The van der Waals surface area contributed by atoms with Gasteiger partial charge in [0, 0.05) is 19.5 Å². The quantitative estimate of drug-likeness (QED) is 0.782. The van der Waals surface area contributed by atoms with Crippen LogP contribution in [0.2, 0.25) is 0 Å². The van der Waals surface area contributed by atoms with Crippen molar-refractivity contribution in [1.82, 2.24) is 9.97 Å². The number of hydrogen-bond acceptors (Lipinski definition) is 4. The normalized spacial score (nSPS) is 10.5. The maximum atomic E-state index is 5.55. The number of nitrogens with zero attached hydrogens (tertiary/aromatic N) is 2. The van der Waals surface area contributed by atoms with Crippen molar-refractivity contribution in [2.45, 2.75) is 19.8 Å². The molecule has 0 atom stereocenters. The van der Waals surface area contributed by atoms with Crippen molar-refractivity contribution >= 4 is 0 Å². The molecular weight excluding hydrogens is 228 g/mol. The van der Waals surface area contributed by atoms with Crippen LogP contribution < -0.4 is 0 Å². The van der Waals surface area contributed by atoms with E-state index >= 15 is 0 Å². The van der Waals surface area contributed by atoms with Crippen molar-refractivity contribution < 1.29 is 9.47 Å². The van der Waals surface area contributed by atoms with Crippen molar-refractivity contribution in [3.8, 4) is 0 Å². The molecule has 0 aromatic carbocycles. The third-order valence-corrected chi connectivity index (χ3v) is 2.42. The number of pyridine rings is 2. The zero-order valence-electron chi connectivity index (χ0n) is 10.4. The van der Waals surface area contributed by atoms with Gasteiger partial charge in [0.1, 0.15) is 0 Å². The Morgan fingerprint density at radius 1 is 0.944 bits per heavy atom. The molecule has 0 fully saturated rings. The summed E-state index contributed by atoms with van der Waals surface area (Å²) >= 11 is 0. The summed E-state index contributed by atoms with van der Waals surface area (Å²) in [5.74, 6) is 0. The van der Waals surface area contributed by atoms with Crippen LogP contribution >= 0.6 is 0 Å². The predicted molar refractivity (Wildman–Crippen MR) is 67.7 cm³/mol. The van der Waals surface area contributed by atoms with Crippen LogP contribution in [0.15, 0.2) is 42.7 Å². The van der Waals surface area contributed by atoms with Crippen LogP contribution in [0, 0.1) is 0 Å². The second-order valence-corrected chi connectivity index (χ2v) is 3.90. The molecule has 0 N–H and O–H groups in total. The molecular formula is C14H16N2O2. The number of hydrogen-bond donors (Lipinski definition) is 0. The molecule has 2 aromatic heterocycles. The summed E-state index contributed by atoms with van der Waals surface area (Å²) in [6.07, 6.45) is 3.57. The van der Waals surface area contributed by atoms with Gasteiger partial charge in [-0.3, -0.25) is 9.97 Å². The molecule has 0 bridgehead atoms. The van der Waals surface area contributed by atoms with E-state index in [1.807, 2.05) is 36.5 Å². The first-order chi connectivity index (χ1) is 8.88. The van der Waals surface area contributed by atoms with E-state index in [-0.39, 0.29) is 0 Å². The van der Waals surface area contributed by atoms with Gasteiger partial charge in [0.15, 0.2) is 0 Å². The molecule has 0 unspecified atom stereocenters. The van der Waals surface area contributed by atoms with Gasteiger partial charge in [-0.2, -0.15) is 0 Å². The van der Waals surface area contributed by atoms with Gasteiger partial charge in [0.2, 0.25) is 0 Å². The van der Waals surface area contributed by atoms with E-state index < -0.39 is 0 Å². The topological polar surface area (TPSA) is 44.2 Å². The fourth-order valence-corrected chi connectivity index (χ4v) is 1.54. The first-order valence-electron chi connectivity index (χ1n) is 5.79. The third-order valence-electron chi connectivity index (χ3n) is 2.42. The van der Waals surface area contributed by atoms with Crippen molar-refractivity contribution in [3.05, 3.63) is 59.7 Å². The smallest absolute Gasteiger partial charge is 0.0893 e. The van der Waals surface area contributed by atoms with E-state index in [2.05, 4.69) is 9.97 Å². The van der Waals surface area contributed by atoms with Crippen molar-refractivity contribution in [2.24, 2.45) is 0 Å². The second kappa shape index (κ2) is 6.83. The molecule has 0 amide bonds. The molecule has 0 saturated heterocycles. The minimum atomic E-state index is 0.490. The molecule has 94 valence electrons. The Morgan fingerprint density at radius 3 is 2.39 bits per heavy atom. The molecule has 2 heterocycles. The summed E-state index contributed by atoms with van der Waals surface area (Å²) in [7, 11) is 1.67. The van der Waals surface area contributed by atoms with Crippen LogP contribution in [0.4, 0.5) is 0 Å². The highest BCUT2D eigenvalue weighted by molar-refractivity contribution is 5.12. The summed E-state index contributed by atoms with van der Waals surface area (Å²) in [5.41, 5.74) is 2.89. The van der Waals surface area contributed by atoms with Gasteiger partial charge in [-0.05, 0) is 23.8 Å². The minimum absolute atomic E-state index is 0.490. The maximum Gasteiger partial charge on any atom is 0.0893 e. The Bertz CT molecular complexity index is 457. The standard InChI is InChI=1S/C14H16N2O2/c1-17-9-12-5-6-14(16-8-12)11-18-10-13-4-2-3-7-15-13/h2-8H,9-11H2,1H3. The average molecular weight is 244 g/mol. The van der Waals surface area contributed by atoms with Gasteiger partial charge in [0.25, 0.3) is 0 Å². The van der Waals surface area contributed by atoms with E-state index in [0.717, 1.165) is 17.0 Å². The Kier molecular flexibility index (Phi) is 4.81. The van der Waals surface area contributed by atoms with Crippen LogP contribution in [0.3, 0.4) is 0 Å². The Balaban J connectivity index is 1.80. The predicted octanol–water partition coefficient (Wildman–Crippen LogP) is 2.34. The van der Waals surface area contributed by atoms with Crippen LogP contribution in [0.25, 0.3) is 0 Å². The van der Waals surface area contributed by atoms with Crippen LogP contribution in [-0.4, -0.2) is 17.1 Å². The SMILES string of the molecule is COCc1ccc(COCc2ccccn2)nc1. The van der Waals surface area contributed by atoms with E-state index in [1.54, 1.807) is 13.3 Å². The zero-order chi connectivity index (χ0) is 12.6. The molecule has 0 aliphatic rings. The zero-order valence-corrected chi connectivity index (χ0v) is 10.4. The molecule has 4 heteroatoms. The maximum absolute atomic E-state index is 5.55. The number of aromatic nitrogens is 2. The first-order valence-corrected chi connectivity index (χ1v) is 5.79. The summed E-state index contributed by atoms with van der Waals surface area (Å²) < 4.78 is 10.6. The lowest BCUT2D eigenvalue weighted by Gasteiger charge is -2.04. The lowest BCUT2D eigenvalue weighted by molar-refractivity contribution is 0.102. The molecule has 0 saturated carbocycles. The highest BCUT2D eigenvalue weighted by Gasteiger charge is 1.98. The second-order valence-electron chi connectivity index (χ2n) is 3.90. The van der Waals surface area contributed by atoms with Gasteiger partial charge in [-0.25, -0.2) is 0 Å². The lowest BCUT2D eigenvalue weighted by Crippen LogP contribution is -1.98. The van der Waals surface area contributed by atoms with Gasteiger partial charge >= 0.3 is 0 Å². The van der Waals surface area contributed by atoms with Crippen molar-refractivity contribution in [1.29, 1.82) is 0 Å². The number of rotatable bonds is 6. The minimum Gasteiger partial charge on any atom is -0.380 e. The van der Waals surface area contributed by atoms with Gasteiger partial charge in [0.05, 0.1) is 31.2 Å². The highest BCUT2D eigenvalue weighted by Crippen LogP contribution is 2.04. The summed E-state index contributed by atoms with van der Waals surface area (Å²) in [4.78, 5) is 8.49. The third kappa shape index (κ3) is 3.91. The van der Waals surface area contributed by atoms with E-state index in [4.69, 9.17) is 9.47 Å². The molecule has 2 aromatic rings. The monoisotopic (exact) mass is 244 g/mol. The largest absolute Gasteiger partial charge is 0.380 e. The van der Waals surface area contributed by atoms with E-state index in [0.29, 0.717) is 19.8 Å². The average Bonchev–Trinajstić information content (AvgIpc) is 2.42. The Labute approximate surface area is 107 Å². The summed E-state index contributed by atoms with van der Waals surface area (Å²) in [6, 6.07) is 9.72. The molecule has 4 nitrogen and oxygen atoms in total. The highest BCUT2D eigenvalue weighted by atomic mass is 16.5. The number of methoxy groups -OCH3 is 1. The van der Waals surface area contributed by atoms with Gasteiger partial charge in [-0.1, -0.05) is 12.1 Å². The molecule has 18 heavy (non-hydrogen) atoms. The van der Waals surface area contributed by atoms with Crippen LogP contribution in [0.1, 0.15) is 17.0 Å². The molecule has 0 aliphatic carbocycles. The van der Waals surface area contributed by atoms with E-state index in [1.165, 1.54) is 0 Å². The summed E-state index contributed by atoms with van der Waals surface area (Å²) in [5, 5.41) is 0. The first kappa shape index (κ1) is 12.7. The van der Waals surface area contributed by atoms with Gasteiger partial charge < -0.3 is 9.47 Å². The molecule has 0 spiro atoms. The fourth-order valence-electron chi connectivity index (χ4n) is 1.54.